The lowest BCUT2D eigenvalue weighted by Gasteiger charge is -2.15. The lowest BCUT2D eigenvalue weighted by Crippen LogP contribution is -2.35. The van der Waals surface area contributed by atoms with E-state index in [-0.39, 0.29) is 12.1 Å². The molecule has 0 bridgehead atoms. The molecule has 1 amide bonds. The highest BCUT2D eigenvalue weighted by atomic mass is 19.4. The minimum absolute atomic E-state index is 0.170. The van der Waals surface area contributed by atoms with E-state index in [1.807, 2.05) is 0 Å². The van der Waals surface area contributed by atoms with Crippen molar-refractivity contribution in [3.05, 3.63) is 35.4 Å². The SMILES string of the molecule is O=C1c2ccccc2CN1OC(=O)C(F)(F)F. The predicted octanol–water partition coefficient (Wildman–Crippen LogP) is 1.66. The first-order valence-electron chi connectivity index (χ1n) is 4.58. The molecule has 2 rings (SSSR count). The summed E-state index contributed by atoms with van der Waals surface area (Å²) in [5.41, 5.74) is 0.759. The summed E-state index contributed by atoms with van der Waals surface area (Å²) in [6.07, 6.45) is -5.12. The van der Waals surface area contributed by atoms with Crippen LogP contribution < -0.4 is 0 Å². The van der Waals surface area contributed by atoms with Crippen molar-refractivity contribution < 1.29 is 27.6 Å². The van der Waals surface area contributed by atoms with Crippen LogP contribution in [0.1, 0.15) is 15.9 Å². The van der Waals surface area contributed by atoms with Gasteiger partial charge in [0.1, 0.15) is 0 Å². The third-order valence-electron chi connectivity index (χ3n) is 2.21. The van der Waals surface area contributed by atoms with Crippen LogP contribution in [0.25, 0.3) is 0 Å². The zero-order chi connectivity index (χ0) is 12.6. The van der Waals surface area contributed by atoms with E-state index in [4.69, 9.17) is 0 Å². The summed E-state index contributed by atoms with van der Waals surface area (Å²) in [6, 6.07) is 6.25. The van der Waals surface area contributed by atoms with E-state index in [1.165, 1.54) is 6.07 Å². The number of nitrogens with zero attached hydrogens (tertiary/aromatic N) is 1. The molecule has 1 heterocycles. The first-order chi connectivity index (χ1) is 7.89. The summed E-state index contributed by atoms with van der Waals surface area (Å²) in [4.78, 5) is 26.1. The highest BCUT2D eigenvalue weighted by Crippen LogP contribution is 2.25. The number of fused-ring (bicyclic) bond motifs is 1. The Kier molecular flexibility index (Phi) is 2.53. The van der Waals surface area contributed by atoms with E-state index in [0.29, 0.717) is 10.6 Å². The van der Waals surface area contributed by atoms with Gasteiger partial charge in [0.05, 0.1) is 6.54 Å². The van der Waals surface area contributed by atoms with Crippen LogP contribution in [0.15, 0.2) is 24.3 Å². The van der Waals surface area contributed by atoms with Crippen molar-refractivity contribution in [3.8, 4) is 0 Å². The van der Waals surface area contributed by atoms with Gasteiger partial charge in [0.2, 0.25) is 0 Å². The maximum atomic E-state index is 11.9. The molecular weight excluding hydrogens is 239 g/mol. The lowest BCUT2D eigenvalue weighted by molar-refractivity contribution is -0.229. The zero-order valence-corrected chi connectivity index (χ0v) is 8.32. The van der Waals surface area contributed by atoms with E-state index < -0.39 is 18.1 Å². The fraction of sp³-hybridized carbons (Fsp3) is 0.200. The van der Waals surface area contributed by atoms with Crippen LogP contribution in [0.4, 0.5) is 13.2 Å². The average molecular weight is 245 g/mol. The summed E-state index contributed by atoms with van der Waals surface area (Å²) < 4.78 is 35.8. The second-order valence-corrected chi connectivity index (χ2v) is 3.38. The van der Waals surface area contributed by atoms with Crippen molar-refractivity contribution in [2.45, 2.75) is 12.7 Å². The van der Waals surface area contributed by atoms with E-state index in [0.717, 1.165) is 0 Å². The second kappa shape index (κ2) is 3.76. The molecule has 17 heavy (non-hydrogen) atoms. The summed E-state index contributed by atoms with van der Waals surface area (Å²) >= 11 is 0. The largest absolute Gasteiger partial charge is 0.493 e. The average Bonchev–Trinajstić information content (AvgIpc) is 2.55. The van der Waals surface area contributed by atoms with Crippen LogP contribution in [0.2, 0.25) is 0 Å². The standard InChI is InChI=1S/C10H6F3NO3/c11-10(12,13)9(16)17-14-5-6-3-1-2-4-7(6)8(14)15/h1-4H,5H2. The van der Waals surface area contributed by atoms with Gasteiger partial charge >= 0.3 is 12.1 Å². The Labute approximate surface area is 93.5 Å². The normalized spacial score (nSPS) is 14.8. The van der Waals surface area contributed by atoms with Crippen LogP contribution >= 0.6 is 0 Å². The summed E-state index contributed by atoms with van der Waals surface area (Å²) in [5.74, 6) is -3.16. The number of halogens is 3. The quantitative estimate of drug-likeness (QED) is 0.756. The number of hydrogen-bond acceptors (Lipinski definition) is 3. The second-order valence-electron chi connectivity index (χ2n) is 3.38. The molecule has 0 radical (unpaired) electrons. The highest BCUT2D eigenvalue weighted by Gasteiger charge is 2.44. The van der Waals surface area contributed by atoms with Crippen LogP contribution in [-0.2, 0) is 16.2 Å². The maximum Gasteiger partial charge on any atom is 0.493 e. The van der Waals surface area contributed by atoms with Crippen molar-refractivity contribution in [2.24, 2.45) is 0 Å². The smallest absolute Gasteiger partial charge is 0.329 e. The number of hydrogen-bond donors (Lipinski definition) is 0. The molecule has 1 aromatic rings. The van der Waals surface area contributed by atoms with E-state index in [2.05, 4.69) is 4.84 Å². The van der Waals surface area contributed by atoms with E-state index in [1.54, 1.807) is 18.2 Å². The van der Waals surface area contributed by atoms with Crippen LogP contribution in [0.3, 0.4) is 0 Å². The van der Waals surface area contributed by atoms with Gasteiger partial charge in [-0.1, -0.05) is 18.2 Å². The minimum atomic E-state index is -5.12. The molecule has 7 heteroatoms. The molecule has 0 aromatic heterocycles. The first-order valence-corrected chi connectivity index (χ1v) is 4.58. The molecule has 1 aliphatic heterocycles. The number of rotatable bonds is 1. The molecule has 0 atom stereocenters. The number of carbonyl (C=O) groups is 2. The van der Waals surface area contributed by atoms with Crippen LogP contribution in [-0.4, -0.2) is 23.1 Å². The molecular formula is C10H6F3NO3. The molecule has 0 aliphatic carbocycles. The molecule has 0 N–H and O–H groups in total. The number of alkyl halides is 3. The maximum absolute atomic E-state index is 11.9. The fourth-order valence-electron chi connectivity index (χ4n) is 1.45. The summed E-state index contributed by atoms with van der Waals surface area (Å²) in [6.45, 7) is -0.170. The topological polar surface area (TPSA) is 46.6 Å². The predicted molar refractivity (Wildman–Crippen MR) is 48.5 cm³/mol. The molecule has 4 nitrogen and oxygen atoms in total. The first kappa shape index (κ1) is 11.4. The third kappa shape index (κ3) is 2.08. The fourth-order valence-corrected chi connectivity index (χ4v) is 1.45. The summed E-state index contributed by atoms with van der Waals surface area (Å²) in [7, 11) is 0. The Bertz CT molecular complexity index is 484. The van der Waals surface area contributed by atoms with Gasteiger partial charge in [-0.2, -0.15) is 18.2 Å². The Balaban J connectivity index is 2.14. The van der Waals surface area contributed by atoms with Crippen LogP contribution in [0.5, 0.6) is 0 Å². The van der Waals surface area contributed by atoms with E-state index in [9.17, 15) is 22.8 Å². The van der Waals surface area contributed by atoms with Crippen molar-refractivity contribution >= 4 is 11.9 Å². The van der Waals surface area contributed by atoms with Crippen LogP contribution in [0, 0.1) is 0 Å². The molecule has 0 spiro atoms. The number of hydroxylamine groups is 2. The van der Waals surface area contributed by atoms with Gasteiger partial charge in [-0.05, 0) is 11.6 Å². The molecule has 0 fully saturated rings. The third-order valence-corrected chi connectivity index (χ3v) is 2.21. The molecule has 0 saturated heterocycles. The summed E-state index contributed by atoms with van der Waals surface area (Å²) in [5, 5.41) is 0.403. The van der Waals surface area contributed by atoms with Gasteiger partial charge in [0, 0.05) is 5.56 Å². The molecule has 0 unspecified atom stereocenters. The van der Waals surface area contributed by atoms with Crippen molar-refractivity contribution in [3.63, 3.8) is 0 Å². The Morgan fingerprint density at radius 2 is 1.94 bits per heavy atom. The monoisotopic (exact) mass is 245 g/mol. The molecule has 90 valence electrons. The Hall–Kier alpha value is -2.05. The zero-order valence-electron chi connectivity index (χ0n) is 8.32. The molecule has 1 aromatic carbocycles. The van der Waals surface area contributed by atoms with Gasteiger partial charge in [-0.15, -0.1) is 0 Å². The van der Waals surface area contributed by atoms with Gasteiger partial charge in [0.25, 0.3) is 5.91 Å². The highest BCUT2D eigenvalue weighted by molar-refractivity contribution is 5.98. The lowest BCUT2D eigenvalue weighted by atomic mass is 10.1. The van der Waals surface area contributed by atoms with Gasteiger partial charge in [-0.3, -0.25) is 4.79 Å². The van der Waals surface area contributed by atoms with Gasteiger partial charge < -0.3 is 4.84 Å². The molecule has 1 aliphatic rings. The Morgan fingerprint density at radius 1 is 1.29 bits per heavy atom. The van der Waals surface area contributed by atoms with Gasteiger partial charge in [0.15, 0.2) is 0 Å². The minimum Gasteiger partial charge on any atom is -0.329 e. The van der Waals surface area contributed by atoms with Crippen molar-refractivity contribution in [1.82, 2.24) is 5.06 Å². The number of amides is 1. The van der Waals surface area contributed by atoms with E-state index >= 15 is 0 Å². The number of benzene rings is 1. The van der Waals surface area contributed by atoms with Crippen molar-refractivity contribution in [2.75, 3.05) is 0 Å². The Morgan fingerprint density at radius 3 is 2.53 bits per heavy atom. The van der Waals surface area contributed by atoms with Crippen molar-refractivity contribution in [1.29, 1.82) is 0 Å². The van der Waals surface area contributed by atoms with Gasteiger partial charge in [-0.25, -0.2) is 4.79 Å². The number of carbonyl (C=O) groups excluding carboxylic acids is 2. The molecule has 0 saturated carbocycles.